The highest BCUT2D eigenvalue weighted by atomic mass is 16.2. The zero-order chi connectivity index (χ0) is 15.4. The Morgan fingerprint density at radius 3 is 2.57 bits per heavy atom. The maximum atomic E-state index is 12.9. The van der Waals surface area contributed by atoms with Crippen molar-refractivity contribution in [2.45, 2.75) is 0 Å². The molecule has 4 nitrogen and oxygen atoms in total. The van der Waals surface area contributed by atoms with Gasteiger partial charge in [0.25, 0.3) is 5.91 Å². The lowest BCUT2D eigenvalue weighted by Crippen LogP contribution is -2.27. The van der Waals surface area contributed by atoms with Gasteiger partial charge in [-0.15, -0.1) is 0 Å². The summed E-state index contributed by atoms with van der Waals surface area (Å²) in [4.78, 5) is 24.1. The third-order valence-electron chi connectivity index (χ3n) is 4.46. The summed E-state index contributed by atoms with van der Waals surface area (Å²) in [7, 11) is 0. The molecular formula is C19H13N3O. The summed E-state index contributed by atoms with van der Waals surface area (Å²) in [5.74, 6) is 0.828. The molecule has 0 saturated carbocycles. The predicted molar refractivity (Wildman–Crippen MR) is 89.6 cm³/mol. The average Bonchev–Trinajstić information content (AvgIpc) is 3.18. The van der Waals surface area contributed by atoms with E-state index in [4.69, 9.17) is 4.98 Å². The lowest BCUT2D eigenvalue weighted by atomic mass is 9.98. The van der Waals surface area contributed by atoms with E-state index in [0.717, 1.165) is 39.1 Å². The number of fused-ring (bicyclic) bond motifs is 5. The minimum Gasteiger partial charge on any atom is -0.290 e. The highest BCUT2D eigenvalue weighted by Gasteiger charge is 2.40. The number of para-hydroxylation sites is 1. The molecule has 0 N–H and O–H groups in total. The van der Waals surface area contributed by atoms with Crippen molar-refractivity contribution in [3.63, 3.8) is 0 Å². The van der Waals surface area contributed by atoms with E-state index in [0.29, 0.717) is 13.1 Å². The summed E-state index contributed by atoms with van der Waals surface area (Å²) in [6, 6.07) is 17.8. The summed E-state index contributed by atoms with van der Waals surface area (Å²) in [5, 5.41) is 0.907. The maximum Gasteiger partial charge on any atom is 0.261 e. The van der Waals surface area contributed by atoms with Gasteiger partial charge in [-0.1, -0.05) is 48.5 Å². The van der Waals surface area contributed by atoms with E-state index in [1.807, 2.05) is 54.6 Å². The number of amidine groups is 1. The van der Waals surface area contributed by atoms with E-state index in [2.05, 4.69) is 4.99 Å². The van der Waals surface area contributed by atoms with Gasteiger partial charge in [-0.2, -0.15) is 0 Å². The Labute approximate surface area is 133 Å². The first-order valence-corrected chi connectivity index (χ1v) is 7.69. The first-order chi connectivity index (χ1) is 11.3. The Morgan fingerprint density at radius 2 is 1.70 bits per heavy atom. The highest BCUT2D eigenvalue weighted by Crippen LogP contribution is 2.37. The standard InChI is InChI=1S/C19H13N3O/c23-19-15-13-8-4-5-9-14(13)21-17(12-6-2-1-3-7-12)16(15)18-20-10-11-22(18)19/h1-9H,10-11H2. The summed E-state index contributed by atoms with van der Waals surface area (Å²) in [6.07, 6.45) is 0. The van der Waals surface area contributed by atoms with E-state index >= 15 is 0 Å². The molecule has 0 spiro atoms. The summed E-state index contributed by atoms with van der Waals surface area (Å²) >= 11 is 0. The Kier molecular flexibility index (Phi) is 2.45. The molecule has 4 heteroatoms. The van der Waals surface area contributed by atoms with Gasteiger partial charge in [0.2, 0.25) is 0 Å². The quantitative estimate of drug-likeness (QED) is 0.693. The zero-order valence-corrected chi connectivity index (χ0v) is 12.4. The van der Waals surface area contributed by atoms with Gasteiger partial charge in [0, 0.05) is 17.5 Å². The Bertz CT molecular complexity index is 992. The van der Waals surface area contributed by atoms with Crippen LogP contribution < -0.4 is 0 Å². The summed E-state index contributed by atoms with van der Waals surface area (Å²) < 4.78 is 0. The second-order valence-electron chi connectivity index (χ2n) is 5.76. The first kappa shape index (κ1) is 12.5. The minimum absolute atomic E-state index is 0.0482. The molecule has 0 saturated heterocycles. The lowest BCUT2D eigenvalue weighted by molar-refractivity contribution is 0.0871. The van der Waals surface area contributed by atoms with Crippen LogP contribution in [0.1, 0.15) is 15.9 Å². The molecule has 3 heterocycles. The fraction of sp³-hybridized carbons (Fsp3) is 0.105. The van der Waals surface area contributed by atoms with Crippen molar-refractivity contribution in [3.8, 4) is 11.3 Å². The number of benzene rings is 2. The first-order valence-electron chi connectivity index (χ1n) is 7.69. The van der Waals surface area contributed by atoms with E-state index in [1.54, 1.807) is 4.90 Å². The normalized spacial score (nSPS) is 15.7. The zero-order valence-electron chi connectivity index (χ0n) is 12.4. The molecule has 0 radical (unpaired) electrons. The minimum atomic E-state index is 0.0482. The molecule has 5 rings (SSSR count). The van der Waals surface area contributed by atoms with Crippen LogP contribution >= 0.6 is 0 Å². The highest BCUT2D eigenvalue weighted by molar-refractivity contribution is 6.30. The van der Waals surface area contributed by atoms with Crippen molar-refractivity contribution in [3.05, 3.63) is 65.7 Å². The number of aromatic nitrogens is 1. The van der Waals surface area contributed by atoms with Gasteiger partial charge in [0.1, 0.15) is 5.84 Å². The number of carbonyl (C=O) groups is 1. The molecule has 2 aliphatic rings. The van der Waals surface area contributed by atoms with E-state index in [-0.39, 0.29) is 5.91 Å². The van der Waals surface area contributed by atoms with Crippen LogP contribution in [0, 0.1) is 0 Å². The van der Waals surface area contributed by atoms with Gasteiger partial charge in [0.15, 0.2) is 0 Å². The third kappa shape index (κ3) is 1.63. The molecule has 3 aromatic rings. The van der Waals surface area contributed by atoms with Crippen LogP contribution in [0.4, 0.5) is 0 Å². The number of nitrogens with zero attached hydrogens (tertiary/aromatic N) is 3. The fourth-order valence-corrected chi connectivity index (χ4v) is 3.45. The van der Waals surface area contributed by atoms with Gasteiger partial charge in [-0.25, -0.2) is 4.98 Å². The Hall–Kier alpha value is -3.01. The summed E-state index contributed by atoms with van der Waals surface area (Å²) in [5.41, 5.74) is 4.33. The molecule has 2 aromatic carbocycles. The molecule has 1 aromatic heterocycles. The van der Waals surface area contributed by atoms with Crippen molar-refractivity contribution in [1.29, 1.82) is 0 Å². The molecule has 1 amide bonds. The molecule has 0 bridgehead atoms. The maximum absolute atomic E-state index is 12.9. The molecule has 0 fully saturated rings. The number of rotatable bonds is 1. The van der Waals surface area contributed by atoms with Crippen molar-refractivity contribution < 1.29 is 4.79 Å². The van der Waals surface area contributed by atoms with Crippen LogP contribution in [0.25, 0.3) is 22.2 Å². The molecule has 0 atom stereocenters. The van der Waals surface area contributed by atoms with Crippen LogP contribution in [0.15, 0.2) is 59.6 Å². The van der Waals surface area contributed by atoms with E-state index < -0.39 is 0 Å². The van der Waals surface area contributed by atoms with Gasteiger partial charge < -0.3 is 0 Å². The number of hydrogen-bond acceptors (Lipinski definition) is 3. The fourth-order valence-electron chi connectivity index (χ4n) is 3.45. The molecule has 2 aliphatic heterocycles. The van der Waals surface area contributed by atoms with Crippen LogP contribution in [0.5, 0.6) is 0 Å². The van der Waals surface area contributed by atoms with Gasteiger partial charge >= 0.3 is 0 Å². The van der Waals surface area contributed by atoms with Crippen LogP contribution in [0.3, 0.4) is 0 Å². The molecular weight excluding hydrogens is 286 g/mol. The lowest BCUT2D eigenvalue weighted by Gasteiger charge is -2.10. The molecule has 0 aliphatic carbocycles. The predicted octanol–water partition coefficient (Wildman–Crippen LogP) is 3.12. The Balaban J connectivity index is 1.94. The third-order valence-corrected chi connectivity index (χ3v) is 4.46. The van der Waals surface area contributed by atoms with Gasteiger partial charge in [0.05, 0.1) is 28.9 Å². The Morgan fingerprint density at radius 1 is 0.913 bits per heavy atom. The molecule has 23 heavy (non-hydrogen) atoms. The topological polar surface area (TPSA) is 45.6 Å². The van der Waals surface area contributed by atoms with Crippen molar-refractivity contribution >= 4 is 22.6 Å². The van der Waals surface area contributed by atoms with Crippen molar-refractivity contribution in [2.75, 3.05) is 13.1 Å². The number of hydrogen-bond donors (Lipinski definition) is 0. The SMILES string of the molecule is O=C1c2c(c(-c3ccccc3)nc3ccccc23)C2=NCCN12. The number of amides is 1. The van der Waals surface area contributed by atoms with Gasteiger partial charge in [-0.3, -0.25) is 14.7 Å². The number of aliphatic imine (C=N–C) groups is 1. The second kappa shape index (κ2) is 4.49. The molecule has 110 valence electrons. The smallest absolute Gasteiger partial charge is 0.261 e. The average molecular weight is 299 g/mol. The second-order valence-corrected chi connectivity index (χ2v) is 5.76. The summed E-state index contributed by atoms with van der Waals surface area (Å²) in [6.45, 7) is 1.33. The van der Waals surface area contributed by atoms with E-state index in [1.165, 1.54) is 0 Å². The monoisotopic (exact) mass is 299 g/mol. The van der Waals surface area contributed by atoms with Crippen LogP contribution in [-0.4, -0.2) is 34.7 Å². The largest absolute Gasteiger partial charge is 0.290 e. The van der Waals surface area contributed by atoms with Crippen LogP contribution in [0.2, 0.25) is 0 Å². The van der Waals surface area contributed by atoms with Gasteiger partial charge in [-0.05, 0) is 6.07 Å². The van der Waals surface area contributed by atoms with E-state index in [9.17, 15) is 4.79 Å². The van der Waals surface area contributed by atoms with Crippen molar-refractivity contribution in [2.24, 2.45) is 4.99 Å². The number of carbonyl (C=O) groups excluding carboxylic acids is 1. The van der Waals surface area contributed by atoms with Crippen LogP contribution in [-0.2, 0) is 0 Å². The van der Waals surface area contributed by atoms with Crippen molar-refractivity contribution in [1.82, 2.24) is 9.88 Å². The number of pyridine rings is 1. The molecule has 0 unspecified atom stereocenters.